The lowest BCUT2D eigenvalue weighted by atomic mass is 10.0. The second-order valence-electron chi connectivity index (χ2n) is 4.68. The number of benzene rings is 1. The van der Waals surface area contributed by atoms with E-state index in [2.05, 4.69) is 10.7 Å². The normalized spacial score (nSPS) is 12.3. The molecule has 0 heterocycles. The van der Waals surface area contributed by atoms with Crippen molar-refractivity contribution in [2.24, 2.45) is 11.8 Å². The number of hydrogen-bond donors (Lipinski definition) is 4. The van der Waals surface area contributed by atoms with E-state index in [1.807, 2.05) is 13.8 Å². The molecule has 0 aliphatic rings. The summed E-state index contributed by atoms with van der Waals surface area (Å²) < 4.78 is 0. The first-order valence-corrected chi connectivity index (χ1v) is 6.11. The fraction of sp³-hybridized carbons (Fsp3) is 0.500. The lowest BCUT2D eigenvalue weighted by Gasteiger charge is -2.23. The second-order valence-corrected chi connectivity index (χ2v) is 4.68. The summed E-state index contributed by atoms with van der Waals surface area (Å²) in [7, 11) is 0. The zero-order valence-electron chi connectivity index (χ0n) is 11.1. The Bertz CT molecular complexity index is 437. The van der Waals surface area contributed by atoms with Crippen LogP contribution >= 0.6 is 0 Å². The third-order valence-electron chi connectivity index (χ3n) is 2.89. The van der Waals surface area contributed by atoms with Gasteiger partial charge in [0.05, 0.1) is 10.6 Å². The summed E-state index contributed by atoms with van der Waals surface area (Å²) in [5, 5.41) is 23.1. The summed E-state index contributed by atoms with van der Waals surface area (Å²) in [6.07, 6.45) is 0.575. The molecule has 0 bridgehead atoms. The van der Waals surface area contributed by atoms with Crippen LogP contribution in [0, 0.1) is 16.0 Å². The number of hydrazine groups is 1. The van der Waals surface area contributed by atoms with Crippen molar-refractivity contribution in [1.29, 1.82) is 0 Å². The first kappa shape index (κ1) is 15.2. The minimum atomic E-state index is -0.470. The smallest absolute Gasteiger partial charge is 0.273 e. The second kappa shape index (κ2) is 6.91. The molecule has 1 atom stereocenters. The molecule has 19 heavy (non-hydrogen) atoms. The van der Waals surface area contributed by atoms with Crippen LogP contribution in [0.2, 0.25) is 0 Å². The summed E-state index contributed by atoms with van der Waals surface area (Å²) in [5.41, 5.74) is 3.43. The molecule has 0 aliphatic carbocycles. The Morgan fingerprint density at radius 3 is 2.47 bits per heavy atom. The highest BCUT2D eigenvalue weighted by atomic mass is 16.6. The Morgan fingerprint density at radius 2 is 2.00 bits per heavy atom. The van der Waals surface area contributed by atoms with E-state index in [9.17, 15) is 10.1 Å². The molecular weight excluding hydrogens is 248 g/mol. The Morgan fingerprint density at radius 1 is 1.37 bits per heavy atom. The molecule has 7 nitrogen and oxygen atoms in total. The maximum atomic E-state index is 10.8. The predicted molar refractivity (Wildman–Crippen MR) is 74.9 cm³/mol. The first-order chi connectivity index (χ1) is 8.97. The third kappa shape index (κ3) is 4.38. The van der Waals surface area contributed by atoms with E-state index in [1.54, 1.807) is 6.07 Å². The number of rotatable bonds is 7. The predicted octanol–water partition coefficient (Wildman–Crippen LogP) is 1.70. The van der Waals surface area contributed by atoms with Gasteiger partial charge in [-0.05, 0) is 18.4 Å². The molecule has 0 radical (unpaired) electrons. The molecule has 5 N–H and O–H groups in total. The Labute approximate surface area is 111 Å². The van der Waals surface area contributed by atoms with Crippen molar-refractivity contribution in [3.05, 3.63) is 28.3 Å². The molecule has 0 saturated carbocycles. The lowest BCUT2D eigenvalue weighted by molar-refractivity contribution is -0.384. The van der Waals surface area contributed by atoms with Gasteiger partial charge in [-0.3, -0.25) is 16.0 Å². The van der Waals surface area contributed by atoms with Gasteiger partial charge in [0.2, 0.25) is 0 Å². The number of non-ortho nitro benzene ring substituents is 1. The molecule has 0 aliphatic heterocycles. The molecule has 0 amide bonds. The average molecular weight is 268 g/mol. The van der Waals surface area contributed by atoms with Crippen LogP contribution in [0.3, 0.4) is 0 Å². The molecule has 1 aromatic carbocycles. The standard InChI is InChI=1S/C12H20N4O3/c1-8(2)12(3-4-17)14-9-5-10(15-13)7-11(6-9)16(18)19/h5-8,12,14-15,17H,3-4,13H2,1-2H3. The van der Waals surface area contributed by atoms with Gasteiger partial charge in [-0.1, -0.05) is 13.8 Å². The van der Waals surface area contributed by atoms with Crippen molar-refractivity contribution in [1.82, 2.24) is 0 Å². The summed E-state index contributed by atoms with van der Waals surface area (Å²) in [6.45, 7) is 4.10. The van der Waals surface area contributed by atoms with Gasteiger partial charge in [-0.2, -0.15) is 0 Å². The fourth-order valence-corrected chi connectivity index (χ4v) is 1.81. The van der Waals surface area contributed by atoms with Crippen molar-refractivity contribution in [3.63, 3.8) is 0 Å². The van der Waals surface area contributed by atoms with Crippen LogP contribution in [0.25, 0.3) is 0 Å². The molecule has 7 heteroatoms. The molecule has 1 aromatic rings. The summed E-state index contributed by atoms with van der Waals surface area (Å²) in [4.78, 5) is 10.4. The van der Waals surface area contributed by atoms with E-state index in [-0.39, 0.29) is 18.3 Å². The number of nitrogens with two attached hydrogens (primary N) is 1. The molecule has 0 saturated heterocycles. The van der Waals surface area contributed by atoms with Gasteiger partial charge in [0.15, 0.2) is 0 Å². The minimum absolute atomic E-state index is 0.0375. The van der Waals surface area contributed by atoms with Crippen LogP contribution in [-0.2, 0) is 0 Å². The zero-order chi connectivity index (χ0) is 14.4. The summed E-state index contributed by atoms with van der Waals surface area (Å²) >= 11 is 0. The Kier molecular flexibility index (Phi) is 5.53. The molecule has 0 fully saturated rings. The average Bonchev–Trinajstić information content (AvgIpc) is 2.37. The molecule has 106 valence electrons. The number of nitro groups is 1. The largest absolute Gasteiger partial charge is 0.396 e. The van der Waals surface area contributed by atoms with Gasteiger partial charge in [0.25, 0.3) is 5.69 Å². The Hall–Kier alpha value is -1.86. The van der Waals surface area contributed by atoms with Crippen molar-refractivity contribution >= 4 is 17.1 Å². The third-order valence-corrected chi connectivity index (χ3v) is 2.89. The fourth-order valence-electron chi connectivity index (χ4n) is 1.81. The van der Waals surface area contributed by atoms with E-state index >= 15 is 0 Å². The summed E-state index contributed by atoms with van der Waals surface area (Å²) in [5.74, 6) is 5.59. The van der Waals surface area contributed by atoms with E-state index in [4.69, 9.17) is 10.9 Å². The van der Waals surface area contributed by atoms with Crippen LogP contribution in [0.1, 0.15) is 20.3 Å². The number of anilines is 2. The highest BCUT2D eigenvalue weighted by Gasteiger charge is 2.15. The van der Waals surface area contributed by atoms with Gasteiger partial charge >= 0.3 is 0 Å². The minimum Gasteiger partial charge on any atom is -0.396 e. The lowest BCUT2D eigenvalue weighted by Crippen LogP contribution is -2.26. The van der Waals surface area contributed by atoms with E-state index < -0.39 is 4.92 Å². The van der Waals surface area contributed by atoms with Gasteiger partial charge in [0, 0.05) is 30.5 Å². The van der Waals surface area contributed by atoms with Gasteiger partial charge < -0.3 is 15.8 Å². The number of nitrogen functional groups attached to an aromatic ring is 1. The van der Waals surface area contributed by atoms with Crippen molar-refractivity contribution < 1.29 is 10.0 Å². The van der Waals surface area contributed by atoms with E-state index in [0.717, 1.165) is 0 Å². The van der Waals surface area contributed by atoms with Crippen LogP contribution in [-0.4, -0.2) is 22.7 Å². The Balaban J connectivity index is 2.98. The van der Waals surface area contributed by atoms with Crippen LogP contribution < -0.4 is 16.6 Å². The van der Waals surface area contributed by atoms with Crippen molar-refractivity contribution in [2.45, 2.75) is 26.3 Å². The quantitative estimate of drug-likeness (QED) is 0.340. The van der Waals surface area contributed by atoms with Crippen molar-refractivity contribution in [2.75, 3.05) is 17.3 Å². The molecule has 1 rings (SSSR count). The van der Waals surface area contributed by atoms with Gasteiger partial charge in [-0.15, -0.1) is 0 Å². The maximum absolute atomic E-state index is 10.8. The monoisotopic (exact) mass is 268 g/mol. The topological polar surface area (TPSA) is 113 Å². The van der Waals surface area contributed by atoms with Crippen LogP contribution in [0.4, 0.5) is 17.1 Å². The summed E-state index contributed by atoms with van der Waals surface area (Å²) in [6, 6.07) is 4.55. The number of nitrogens with zero attached hydrogens (tertiary/aromatic N) is 1. The van der Waals surface area contributed by atoms with Crippen LogP contribution in [0.15, 0.2) is 18.2 Å². The number of aliphatic hydroxyl groups excluding tert-OH is 1. The number of hydrogen-bond acceptors (Lipinski definition) is 6. The molecule has 1 unspecified atom stereocenters. The highest BCUT2D eigenvalue weighted by Crippen LogP contribution is 2.25. The molecule has 0 spiro atoms. The highest BCUT2D eigenvalue weighted by molar-refractivity contribution is 5.63. The van der Waals surface area contributed by atoms with Gasteiger partial charge in [-0.25, -0.2) is 0 Å². The van der Waals surface area contributed by atoms with Gasteiger partial charge in [0.1, 0.15) is 0 Å². The van der Waals surface area contributed by atoms with E-state index in [1.165, 1.54) is 12.1 Å². The number of aliphatic hydroxyl groups is 1. The number of nitro benzene ring substituents is 1. The molecular formula is C12H20N4O3. The first-order valence-electron chi connectivity index (χ1n) is 6.11. The maximum Gasteiger partial charge on any atom is 0.273 e. The van der Waals surface area contributed by atoms with Crippen molar-refractivity contribution in [3.8, 4) is 0 Å². The SMILES string of the molecule is CC(C)C(CCO)Nc1cc(NN)cc([N+](=O)[O-])c1. The number of nitrogens with one attached hydrogen (secondary N) is 2. The molecule has 0 aromatic heterocycles. The van der Waals surface area contributed by atoms with Crippen LogP contribution in [0.5, 0.6) is 0 Å². The van der Waals surface area contributed by atoms with E-state index in [0.29, 0.717) is 23.7 Å². The zero-order valence-corrected chi connectivity index (χ0v) is 11.1.